The highest BCUT2D eigenvalue weighted by Gasteiger charge is 2.07. The normalized spacial score (nSPS) is 13.6. The van der Waals surface area contributed by atoms with Crippen LogP contribution >= 0.6 is 0 Å². The Balaban J connectivity index is 2.44. The topological polar surface area (TPSA) is 3.24 Å². The lowest BCUT2D eigenvalue weighted by Gasteiger charge is -2.23. The van der Waals surface area contributed by atoms with Crippen molar-refractivity contribution in [2.45, 2.75) is 26.3 Å². The lowest BCUT2D eigenvalue weighted by atomic mass is 10.1. The Kier molecular flexibility index (Phi) is 5.13. The summed E-state index contributed by atoms with van der Waals surface area (Å²) in [4.78, 5) is 2.37. The Labute approximate surface area is 93.4 Å². The Hall–Kier alpha value is -1.08. The molecule has 1 heteroatoms. The molecule has 0 aliphatic rings. The SMILES string of the molecule is C/C=C\CN(C)[C@H](C)Cc1ccccc1. The first-order valence-electron chi connectivity index (χ1n) is 5.59. The zero-order chi connectivity index (χ0) is 11.1. The predicted molar refractivity (Wildman–Crippen MR) is 67.1 cm³/mol. The third kappa shape index (κ3) is 4.30. The molecule has 0 bridgehead atoms. The number of hydrogen-bond acceptors (Lipinski definition) is 1. The van der Waals surface area contributed by atoms with Crippen molar-refractivity contribution in [2.24, 2.45) is 0 Å². The maximum atomic E-state index is 2.37. The lowest BCUT2D eigenvalue weighted by Crippen LogP contribution is -2.30. The molecule has 0 aromatic heterocycles. The van der Waals surface area contributed by atoms with Crippen LogP contribution in [0.15, 0.2) is 42.5 Å². The van der Waals surface area contributed by atoms with E-state index in [-0.39, 0.29) is 0 Å². The van der Waals surface area contributed by atoms with Gasteiger partial charge in [0.2, 0.25) is 0 Å². The molecule has 0 saturated heterocycles. The maximum absolute atomic E-state index is 2.37. The first-order valence-corrected chi connectivity index (χ1v) is 5.59. The summed E-state index contributed by atoms with van der Waals surface area (Å²) in [5.74, 6) is 0. The van der Waals surface area contributed by atoms with Gasteiger partial charge in [0.25, 0.3) is 0 Å². The summed E-state index contributed by atoms with van der Waals surface area (Å²) < 4.78 is 0. The second kappa shape index (κ2) is 6.41. The van der Waals surface area contributed by atoms with Gasteiger partial charge in [-0.05, 0) is 32.9 Å². The molecule has 0 aliphatic carbocycles. The molecule has 82 valence electrons. The molecule has 1 nitrogen and oxygen atoms in total. The van der Waals surface area contributed by atoms with E-state index in [2.05, 4.69) is 68.3 Å². The third-order valence-corrected chi connectivity index (χ3v) is 2.76. The van der Waals surface area contributed by atoms with Crippen molar-refractivity contribution in [1.29, 1.82) is 0 Å². The zero-order valence-electron chi connectivity index (χ0n) is 9.98. The van der Waals surface area contributed by atoms with Gasteiger partial charge in [0.05, 0.1) is 0 Å². The van der Waals surface area contributed by atoms with Crippen LogP contribution in [0.5, 0.6) is 0 Å². The van der Waals surface area contributed by atoms with E-state index in [0.717, 1.165) is 13.0 Å². The fraction of sp³-hybridized carbons (Fsp3) is 0.429. The summed E-state index contributed by atoms with van der Waals surface area (Å²) in [5, 5.41) is 0. The van der Waals surface area contributed by atoms with Crippen molar-refractivity contribution in [3.63, 3.8) is 0 Å². The van der Waals surface area contributed by atoms with E-state index in [0.29, 0.717) is 6.04 Å². The number of hydrogen-bond donors (Lipinski definition) is 0. The average molecular weight is 203 g/mol. The van der Waals surface area contributed by atoms with Gasteiger partial charge in [-0.25, -0.2) is 0 Å². The molecule has 0 aliphatic heterocycles. The van der Waals surface area contributed by atoms with Gasteiger partial charge < -0.3 is 0 Å². The summed E-state index contributed by atoms with van der Waals surface area (Å²) in [5.41, 5.74) is 1.41. The minimum Gasteiger partial charge on any atom is -0.300 e. The highest BCUT2D eigenvalue weighted by atomic mass is 15.1. The van der Waals surface area contributed by atoms with Gasteiger partial charge in [-0.1, -0.05) is 42.5 Å². The number of allylic oxidation sites excluding steroid dienone is 1. The van der Waals surface area contributed by atoms with E-state index >= 15 is 0 Å². The van der Waals surface area contributed by atoms with Crippen molar-refractivity contribution >= 4 is 0 Å². The Morgan fingerprint density at radius 3 is 2.53 bits per heavy atom. The standard InChI is InChI=1S/C14H21N/c1-4-5-11-15(3)13(2)12-14-9-7-6-8-10-14/h4-10,13H,11-12H2,1-3H3/b5-4-/t13-/m1/s1. The molecule has 0 radical (unpaired) electrons. The summed E-state index contributed by atoms with van der Waals surface area (Å²) in [6.45, 7) is 5.37. The van der Waals surface area contributed by atoms with Crippen LogP contribution in [-0.2, 0) is 6.42 Å². The average Bonchev–Trinajstić information content (AvgIpc) is 2.27. The molecular weight excluding hydrogens is 182 g/mol. The van der Waals surface area contributed by atoms with Gasteiger partial charge in [0, 0.05) is 12.6 Å². The van der Waals surface area contributed by atoms with Gasteiger partial charge in [0.1, 0.15) is 0 Å². The van der Waals surface area contributed by atoms with Gasteiger partial charge in [-0.15, -0.1) is 0 Å². The van der Waals surface area contributed by atoms with Crippen LogP contribution in [0.4, 0.5) is 0 Å². The van der Waals surface area contributed by atoms with Crippen LogP contribution in [0.1, 0.15) is 19.4 Å². The molecule has 15 heavy (non-hydrogen) atoms. The zero-order valence-corrected chi connectivity index (χ0v) is 9.98. The van der Waals surface area contributed by atoms with Crippen LogP contribution in [0, 0.1) is 0 Å². The Bertz CT molecular complexity index is 289. The van der Waals surface area contributed by atoms with Crippen LogP contribution in [0.2, 0.25) is 0 Å². The van der Waals surface area contributed by atoms with Crippen LogP contribution in [-0.4, -0.2) is 24.5 Å². The van der Waals surface area contributed by atoms with Crippen LogP contribution in [0.3, 0.4) is 0 Å². The monoisotopic (exact) mass is 203 g/mol. The first kappa shape index (κ1) is 12.0. The predicted octanol–water partition coefficient (Wildman–Crippen LogP) is 3.13. The van der Waals surface area contributed by atoms with Crippen molar-refractivity contribution in [1.82, 2.24) is 4.90 Å². The second-order valence-corrected chi connectivity index (χ2v) is 4.05. The van der Waals surface area contributed by atoms with E-state index in [1.54, 1.807) is 0 Å². The van der Waals surface area contributed by atoms with Crippen molar-refractivity contribution < 1.29 is 0 Å². The fourth-order valence-electron chi connectivity index (χ4n) is 1.56. The van der Waals surface area contributed by atoms with Gasteiger partial charge in [-0.2, -0.15) is 0 Å². The van der Waals surface area contributed by atoms with Crippen molar-refractivity contribution in [2.75, 3.05) is 13.6 Å². The lowest BCUT2D eigenvalue weighted by molar-refractivity contribution is 0.283. The Morgan fingerprint density at radius 2 is 1.93 bits per heavy atom. The first-order chi connectivity index (χ1) is 7.24. The smallest absolute Gasteiger partial charge is 0.0163 e. The van der Waals surface area contributed by atoms with E-state index in [4.69, 9.17) is 0 Å². The summed E-state index contributed by atoms with van der Waals surface area (Å²) >= 11 is 0. The molecule has 0 fully saturated rings. The molecule has 0 unspecified atom stereocenters. The molecule has 0 N–H and O–H groups in total. The van der Waals surface area contributed by atoms with E-state index in [1.165, 1.54) is 5.56 Å². The number of likely N-dealkylation sites (N-methyl/N-ethyl adjacent to an activating group) is 1. The maximum Gasteiger partial charge on any atom is 0.0163 e. The summed E-state index contributed by atoms with van der Waals surface area (Å²) in [7, 11) is 2.17. The van der Waals surface area contributed by atoms with Crippen LogP contribution in [0.25, 0.3) is 0 Å². The van der Waals surface area contributed by atoms with E-state index in [1.807, 2.05) is 0 Å². The molecule has 1 aromatic carbocycles. The third-order valence-electron chi connectivity index (χ3n) is 2.76. The minimum atomic E-state index is 0.587. The van der Waals surface area contributed by atoms with Gasteiger partial charge >= 0.3 is 0 Å². The fourth-order valence-corrected chi connectivity index (χ4v) is 1.56. The molecule has 0 heterocycles. The second-order valence-electron chi connectivity index (χ2n) is 4.05. The minimum absolute atomic E-state index is 0.587. The molecule has 1 rings (SSSR count). The van der Waals surface area contributed by atoms with E-state index < -0.39 is 0 Å². The number of benzene rings is 1. The van der Waals surface area contributed by atoms with Crippen LogP contribution < -0.4 is 0 Å². The summed E-state index contributed by atoms with van der Waals surface area (Å²) in [6.07, 6.45) is 5.42. The number of nitrogens with zero attached hydrogens (tertiary/aromatic N) is 1. The molecule has 1 atom stereocenters. The molecular formula is C14H21N. The molecule has 0 saturated carbocycles. The van der Waals surface area contributed by atoms with Gasteiger partial charge in [0.15, 0.2) is 0 Å². The van der Waals surface area contributed by atoms with Crippen molar-refractivity contribution in [3.05, 3.63) is 48.0 Å². The Morgan fingerprint density at radius 1 is 1.27 bits per heavy atom. The highest BCUT2D eigenvalue weighted by molar-refractivity contribution is 5.15. The quantitative estimate of drug-likeness (QED) is 0.665. The van der Waals surface area contributed by atoms with E-state index in [9.17, 15) is 0 Å². The van der Waals surface area contributed by atoms with Gasteiger partial charge in [-0.3, -0.25) is 4.90 Å². The van der Waals surface area contributed by atoms with Crippen molar-refractivity contribution in [3.8, 4) is 0 Å². The molecule has 0 amide bonds. The summed E-state index contributed by atoms with van der Waals surface area (Å²) in [6, 6.07) is 11.3. The molecule has 1 aromatic rings. The number of rotatable bonds is 5. The highest BCUT2D eigenvalue weighted by Crippen LogP contribution is 2.06. The largest absolute Gasteiger partial charge is 0.300 e. The molecule has 0 spiro atoms.